The van der Waals surface area contributed by atoms with E-state index >= 15 is 0 Å². The highest BCUT2D eigenvalue weighted by Crippen LogP contribution is 2.19. The summed E-state index contributed by atoms with van der Waals surface area (Å²) in [6.07, 6.45) is 5.49. The largest absolute Gasteiger partial charge is 0.317 e. The van der Waals surface area contributed by atoms with Crippen molar-refractivity contribution in [3.8, 4) is 0 Å². The Morgan fingerprint density at radius 2 is 2.23 bits per heavy atom. The first-order valence-electron chi connectivity index (χ1n) is 5.83. The van der Waals surface area contributed by atoms with Crippen LogP contribution < -0.4 is 5.32 Å². The molecule has 1 N–H and O–H groups in total. The second-order valence-electron chi connectivity index (χ2n) is 3.95. The number of hydrogen-bond donors (Lipinski definition) is 1. The molecule has 13 heavy (non-hydrogen) atoms. The molecule has 2 nitrogen and oxygen atoms in total. The van der Waals surface area contributed by atoms with E-state index in [9.17, 15) is 0 Å². The molecule has 0 aromatic rings. The van der Waals surface area contributed by atoms with E-state index in [0.29, 0.717) is 0 Å². The molecule has 0 amide bonds. The van der Waals surface area contributed by atoms with Crippen LogP contribution in [0.5, 0.6) is 0 Å². The van der Waals surface area contributed by atoms with Crippen molar-refractivity contribution in [1.29, 1.82) is 0 Å². The minimum absolute atomic E-state index is 0.890. The van der Waals surface area contributed by atoms with Gasteiger partial charge < -0.3 is 10.2 Å². The van der Waals surface area contributed by atoms with E-state index in [1.54, 1.807) is 0 Å². The normalized spacial score (nSPS) is 24.0. The van der Waals surface area contributed by atoms with Gasteiger partial charge in [-0.25, -0.2) is 0 Å². The van der Waals surface area contributed by atoms with Crippen molar-refractivity contribution in [3.05, 3.63) is 0 Å². The first-order valence-corrected chi connectivity index (χ1v) is 5.83. The smallest absolute Gasteiger partial charge is 0.00931 e. The number of hydrogen-bond acceptors (Lipinski definition) is 2. The molecule has 1 saturated heterocycles. The van der Waals surface area contributed by atoms with Crippen molar-refractivity contribution in [2.75, 3.05) is 26.2 Å². The summed E-state index contributed by atoms with van der Waals surface area (Å²) in [5.41, 5.74) is 0. The van der Waals surface area contributed by atoms with Crippen molar-refractivity contribution in [2.45, 2.75) is 45.6 Å². The summed E-state index contributed by atoms with van der Waals surface area (Å²) >= 11 is 0. The first kappa shape index (κ1) is 11.0. The van der Waals surface area contributed by atoms with Gasteiger partial charge in [-0.15, -0.1) is 0 Å². The summed E-state index contributed by atoms with van der Waals surface area (Å²) in [4.78, 5) is 2.66. The van der Waals surface area contributed by atoms with E-state index in [1.165, 1.54) is 45.3 Å². The van der Waals surface area contributed by atoms with Crippen LogP contribution in [-0.4, -0.2) is 37.1 Å². The van der Waals surface area contributed by atoms with Gasteiger partial charge in [-0.2, -0.15) is 0 Å². The minimum atomic E-state index is 0.890. The molecule has 2 heteroatoms. The van der Waals surface area contributed by atoms with Crippen LogP contribution in [0, 0.1) is 0 Å². The number of nitrogens with one attached hydrogen (secondary N) is 1. The lowest BCUT2D eigenvalue weighted by atomic mass is 10.2. The van der Waals surface area contributed by atoms with Gasteiger partial charge in [0.05, 0.1) is 0 Å². The summed E-state index contributed by atoms with van der Waals surface area (Å²) in [5, 5.41) is 3.38. The highest BCUT2D eigenvalue weighted by atomic mass is 15.2. The molecule has 1 unspecified atom stereocenters. The summed E-state index contributed by atoms with van der Waals surface area (Å²) in [6.45, 7) is 9.41. The number of likely N-dealkylation sites (tertiary alicyclic amines) is 1. The molecule has 0 bridgehead atoms. The maximum Gasteiger partial charge on any atom is 0.00931 e. The third-order valence-corrected chi connectivity index (χ3v) is 3.02. The highest BCUT2D eigenvalue weighted by molar-refractivity contribution is 4.77. The van der Waals surface area contributed by atoms with Gasteiger partial charge in [0.15, 0.2) is 0 Å². The Hall–Kier alpha value is -0.0800. The maximum absolute atomic E-state index is 3.38. The molecule has 1 rings (SSSR count). The second kappa shape index (κ2) is 6.39. The Morgan fingerprint density at radius 3 is 2.92 bits per heavy atom. The molecule has 0 aliphatic carbocycles. The van der Waals surface area contributed by atoms with Crippen molar-refractivity contribution in [1.82, 2.24) is 10.2 Å². The van der Waals surface area contributed by atoms with Gasteiger partial charge in [0.25, 0.3) is 0 Å². The predicted molar refractivity (Wildman–Crippen MR) is 58.0 cm³/mol. The van der Waals surface area contributed by atoms with Crippen LogP contribution in [0.25, 0.3) is 0 Å². The van der Waals surface area contributed by atoms with Crippen LogP contribution in [0.15, 0.2) is 0 Å². The molecule has 78 valence electrons. The van der Waals surface area contributed by atoms with Crippen molar-refractivity contribution in [3.63, 3.8) is 0 Å². The van der Waals surface area contributed by atoms with Crippen LogP contribution in [0.1, 0.15) is 39.5 Å². The topological polar surface area (TPSA) is 15.3 Å². The zero-order valence-corrected chi connectivity index (χ0v) is 9.18. The quantitative estimate of drug-likeness (QED) is 0.634. The SMILES string of the molecule is CCNCCCN1CCCC1CC. The zero-order valence-electron chi connectivity index (χ0n) is 9.18. The van der Waals surface area contributed by atoms with Crippen LogP contribution in [-0.2, 0) is 0 Å². The van der Waals surface area contributed by atoms with Gasteiger partial charge in [0.1, 0.15) is 0 Å². The lowest BCUT2D eigenvalue weighted by Gasteiger charge is -2.23. The van der Waals surface area contributed by atoms with Gasteiger partial charge in [0, 0.05) is 6.04 Å². The zero-order chi connectivity index (χ0) is 9.52. The van der Waals surface area contributed by atoms with E-state index in [2.05, 4.69) is 24.1 Å². The van der Waals surface area contributed by atoms with Gasteiger partial charge in [-0.3, -0.25) is 0 Å². The third-order valence-electron chi connectivity index (χ3n) is 3.02. The van der Waals surface area contributed by atoms with Crippen LogP contribution in [0.4, 0.5) is 0 Å². The molecule has 0 spiro atoms. The average molecular weight is 184 g/mol. The summed E-state index contributed by atoms with van der Waals surface area (Å²) in [5.74, 6) is 0. The Kier molecular flexibility index (Phi) is 5.40. The van der Waals surface area contributed by atoms with E-state index < -0.39 is 0 Å². The fraction of sp³-hybridized carbons (Fsp3) is 1.00. The summed E-state index contributed by atoms with van der Waals surface area (Å²) in [7, 11) is 0. The Labute approximate surface area is 82.7 Å². The molecular formula is C11H24N2. The lowest BCUT2D eigenvalue weighted by molar-refractivity contribution is 0.245. The van der Waals surface area contributed by atoms with E-state index in [-0.39, 0.29) is 0 Å². The highest BCUT2D eigenvalue weighted by Gasteiger charge is 2.21. The van der Waals surface area contributed by atoms with Crippen molar-refractivity contribution < 1.29 is 0 Å². The Bertz CT molecular complexity index is 125. The number of nitrogens with zero attached hydrogens (tertiary/aromatic N) is 1. The predicted octanol–water partition coefficient (Wildman–Crippen LogP) is 1.86. The average Bonchev–Trinajstić information content (AvgIpc) is 2.60. The van der Waals surface area contributed by atoms with E-state index in [1.807, 2.05) is 0 Å². The van der Waals surface area contributed by atoms with Crippen molar-refractivity contribution >= 4 is 0 Å². The molecular weight excluding hydrogens is 160 g/mol. The van der Waals surface area contributed by atoms with Gasteiger partial charge in [-0.1, -0.05) is 13.8 Å². The summed E-state index contributed by atoms with van der Waals surface area (Å²) < 4.78 is 0. The summed E-state index contributed by atoms with van der Waals surface area (Å²) in [6, 6.07) is 0.890. The third kappa shape index (κ3) is 3.65. The molecule has 1 aliphatic heterocycles. The molecule has 1 fully saturated rings. The molecule has 1 aliphatic rings. The fourth-order valence-corrected chi connectivity index (χ4v) is 2.24. The molecule has 0 aromatic heterocycles. The standard InChI is InChI=1S/C11H24N2/c1-3-11-7-5-9-13(11)10-6-8-12-4-2/h11-12H,3-10H2,1-2H3. The fourth-order valence-electron chi connectivity index (χ4n) is 2.24. The monoisotopic (exact) mass is 184 g/mol. The van der Waals surface area contributed by atoms with Crippen LogP contribution in [0.2, 0.25) is 0 Å². The van der Waals surface area contributed by atoms with Gasteiger partial charge in [-0.05, 0) is 51.9 Å². The Balaban J connectivity index is 2.06. The lowest BCUT2D eigenvalue weighted by Crippen LogP contribution is -2.31. The number of rotatable bonds is 6. The second-order valence-corrected chi connectivity index (χ2v) is 3.95. The molecule has 0 saturated carbocycles. The van der Waals surface area contributed by atoms with Crippen molar-refractivity contribution in [2.24, 2.45) is 0 Å². The molecule has 1 heterocycles. The van der Waals surface area contributed by atoms with Gasteiger partial charge >= 0.3 is 0 Å². The van der Waals surface area contributed by atoms with E-state index in [0.717, 1.165) is 12.6 Å². The van der Waals surface area contributed by atoms with E-state index in [4.69, 9.17) is 0 Å². The minimum Gasteiger partial charge on any atom is -0.317 e. The van der Waals surface area contributed by atoms with Crippen LogP contribution >= 0.6 is 0 Å². The Morgan fingerprint density at radius 1 is 1.38 bits per heavy atom. The maximum atomic E-state index is 3.38. The molecule has 0 radical (unpaired) electrons. The molecule has 0 aromatic carbocycles. The molecule has 1 atom stereocenters. The van der Waals surface area contributed by atoms with Gasteiger partial charge in [0.2, 0.25) is 0 Å². The van der Waals surface area contributed by atoms with Crippen LogP contribution in [0.3, 0.4) is 0 Å². The first-order chi connectivity index (χ1) is 6.38.